The molecule has 0 fully saturated rings. The Kier molecular flexibility index (Phi) is 4.59. The summed E-state index contributed by atoms with van der Waals surface area (Å²) in [6.45, 7) is -0.849. The summed E-state index contributed by atoms with van der Waals surface area (Å²) in [5, 5.41) is 8.26. The van der Waals surface area contributed by atoms with Gasteiger partial charge in [0.1, 0.15) is 0 Å². The van der Waals surface area contributed by atoms with E-state index in [1.165, 1.54) is 7.11 Å². The van der Waals surface area contributed by atoms with Crippen molar-refractivity contribution in [1.29, 1.82) is 0 Å². The largest absolute Gasteiger partial charge is 0.494 e. The van der Waals surface area contributed by atoms with Crippen LogP contribution in [0.25, 0.3) is 0 Å². The molecule has 0 amide bonds. The molecular formula is C9H10FNO6S. The van der Waals surface area contributed by atoms with Crippen molar-refractivity contribution in [3.05, 3.63) is 24.0 Å². The highest BCUT2D eigenvalue weighted by Crippen LogP contribution is 2.20. The molecule has 0 spiro atoms. The van der Waals surface area contributed by atoms with Crippen LogP contribution in [0.15, 0.2) is 23.1 Å². The fourth-order valence-corrected chi connectivity index (χ4v) is 1.85. The molecule has 7 nitrogen and oxygen atoms in total. The molecule has 0 aliphatic heterocycles. The summed E-state index contributed by atoms with van der Waals surface area (Å²) in [5.41, 5.74) is 0. The van der Waals surface area contributed by atoms with E-state index in [1.807, 2.05) is 0 Å². The minimum absolute atomic E-state index is 0.111. The van der Waals surface area contributed by atoms with E-state index in [4.69, 9.17) is 5.11 Å². The minimum Gasteiger partial charge on any atom is -0.494 e. The van der Waals surface area contributed by atoms with Gasteiger partial charge in [0.25, 0.3) is 10.0 Å². The topological polar surface area (TPSA) is 102 Å². The molecule has 0 aliphatic carbocycles. The second kappa shape index (κ2) is 5.76. The van der Waals surface area contributed by atoms with Crippen molar-refractivity contribution < 1.29 is 32.3 Å². The van der Waals surface area contributed by atoms with Gasteiger partial charge in [0.05, 0.1) is 12.0 Å². The van der Waals surface area contributed by atoms with Gasteiger partial charge in [0, 0.05) is 0 Å². The number of nitrogens with one attached hydrogen (secondary N) is 1. The lowest BCUT2D eigenvalue weighted by Gasteiger charge is -2.07. The highest BCUT2D eigenvalue weighted by atomic mass is 32.2. The number of carboxylic acids is 1. The van der Waals surface area contributed by atoms with E-state index in [0.29, 0.717) is 0 Å². The van der Waals surface area contributed by atoms with Crippen molar-refractivity contribution in [2.75, 3.05) is 13.7 Å². The Morgan fingerprint density at radius 3 is 2.67 bits per heavy atom. The molecule has 0 bridgehead atoms. The average molecular weight is 279 g/mol. The second-order valence-corrected chi connectivity index (χ2v) is 4.71. The molecule has 0 aliphatic rings. The zero-order valence-electron chi connectivity index (χ0n) is 9.21. The Morgan fingerprint density at radius 2 is 2.17 bits per heavy atom. The van der Waals surface area contributed by atoms with Gasteiger partial charge < -0.3 is 9.84 Å². The lowest BCUT2D eigenvalue weighted by Crippen LogP contribution is -2.26. The highest BCUT2D eigenvalue weighted by Gasteiger charge is 2.17. The van der Waals surface area contributed by atoms with Crippen LogP contribution in [0.2, 0.25) is 0 Å². The average Bonchev–Trinajstić information content (AvgIpc) is 2.28. The first-order valence-electron chi connectivity index (χ1n) is 4.56. The van der Waals surface area contributed by atoms with Crippen molar-refractivity contribution in [2.24, 2.45) is 0 Å². The zero-order valence-corrected chi connectivity index (χ0v) is 10.0. The van der Waals surface area contributed by atoms with Gasteiger partial charge in [0.15, 0.2) is 18.2 Å². The van der Waals surface area contributed by atoms with E-state index < -0.39 is 33.3 Å². The van der Waals surface area contributed by atoms with Crippen molar-refractivity contribution in [3.8, 4) is 5.75 Å². The predicted octanol–water partition coefficient (Wildman–Crippen LogP) is 0.129. The predicted molar refractivity (Wildman–Crippen MR) is 56.9 cm³/mol. The molecule has 0 saturated carbocycles. The number of aliphatic carboxylic acids is 1. The maximum Gasteiger partial charge on any atom is 0.331 e. The second-order valence-electron chi connectivity index (χ2n) is 3.07. The molecule has 0 heterocycles. The number of benzene rings is 1. The van der Waals surface area contributed by atoms with E-state index in [9.17, 15) is 17.6 Å². The van der Waals surface area contributed by atoms with Crippen LogP contribution < -0.4 is 9.62 Å². The number of carboxylic acid groups (broad SMARTS) is 1. The van der Waals surface area contributed by atoms with Crippen molar-refractivity contribution in [1.82, 2.24) is 4.89 Å². The number of carbonyl (C=O) groups is 1. The van der Waals surface area contributed by atoms with Crippen LogP contribution in [-0.2, 0) is 19.7 Å². The summed E-state index contributed by atoms with van der Waals surface area (Å²) < 4.78 is 41.0. The number of sulfonamides is 1. The van der Waals surface area contributed by atoms with Crippen LogP contribution in [0.3, 0.4) is 0 Å². The number of hydrogen-bond acceptors (Lipinski definition) is 5. The van der Waals surface area contributed by atoms with E-state index in [2.05, 4.69) is 9.57 Å². The Balaban J connectivity index is 2.85. The van der Waals surface area contributed by atoms with Gasteiger partial charge in [-0.25, -0.2) is 17.6 Å². The van der Waals surface area contributed by atoms with Gasteiger partial charge in [-0.2, -0.15) is 0 Å². The maximum atomic E-state index is 13.3. The summed E-state index contributed by atoms with van der Waals surface area (Å²) in [4.78, 5) is 15.5. The third-order valence-corrected chi connectivity index (χ3v) is 3.01. The van der Waals surface area contributed by atoms with Crippen LogP contribution in [0.1, 0.15) is 0 Å². The summed E-state index contributed by atoms with van der Waals surface area (Å²) >= 11 is 0. The normalized spacial score (nSPS) is 11.2. The van der Waals surface area contributed by atoms with E-state index in [-0.39, 0.29) is 5.75 Å². The third-order valence-electron chi connectivity index (χ3n) is 1.80. The Bertz CT molecular complexity index is 544. The molecule has 1 aromatic carbocycles. The minimum atomic E-state index is -4.13. The number of ether oxygens (including phenoxy) is 1. The lowest BCUT2D eigenvalue weighted by molar-refractivity contribution is -0.143. The van der Waals surface area contributed by atoms with Gasteiger partial charge >= 0.3 is 5.97 Å². The van der Waals surface area contributed by atoms with Gasteiger partial charge in [0.2, 0.25) is 0 Å². The van der Waals surface area contributed by atoms with E-state index in [0.717, 1.165) is 18.2 Å². The van der Waals surface area contributed by atoms with E-state index >= 15 is 0 Å². The smallest absolute Gasteiger partial charge is 0.331 e. The van der Waals surface area contributed by atoms with Gasteiger partial charge in [-0.05, 0) is 18.2 Å². The molecule has 9 heteroatoms. The summed E-state index contributed by atoms with van der Waals surface area (Å²) in [6, 6.07) is 2.95. The number of halogens is 1. The Hall–Kier alpha value is -1.71. The fraction of sp³-hybridized carbons (Fsp3) is 0.222. The van der Waals surface area contributed by atoms with Crippen LogP contribution in [0.5, 0.6) is 5.75 Å². The van der Waals surface area contributed by atoms with Crippen LogP contribution in [0.4, 0.5) is 4.39 Å². The SMILES string of the molecule is COc1ccc(S(=O)(=O)NOCC(=O)O)cc1F. The highest BCUT2D eigenvalue weighted by molar-refractivity contribution is 7.89. The van der Waals surface area contributed by atoms with Crippen LogP contribution in [0, 0.1) is 5.82 Å². The quantitative estimate of drug-likeness (QED) is 0.718. The van der Waals surface area contributed by atoms with Crippen molar-refractivity contribution >= 4 is 16.0 Å². The third kappa shape index (κ3) is 3.65. The molecule has 18 heavy (non-hydrogen) atoms. The summed E-state index contributed by atoms with van der Waals surface area (Å²) in [5.74, 6) is -2.32. The monoisotopic (exact) mass is 279 g/mol. The maximum absolute atomic E-state index is 13.3. The molecule has 100 valence electrons. The first-order chi connectivity index (χ1) is 8.36. The molecule has 1 rings (SSSR count). The number of methoxy groups -OCH3 is 1. The Morgan fingerprint density at radius 1 is 1.50 bits per heavy atom. The van der Waals surface area contributed by atoms with Gasteiger partial charge in [-0.1, -0.05) is 4.89 Å². The van der Waals surface area contributed by atoms with Crippen LogP contribution >= 0.6 is 0 Å². The van der Waals surface area contributed by atoms with Gasteiger partial charge in [-0.15, -0.1) is 0 Å². The molecule has 2 N–H and O–H groups in total. The van der Waals surface area contributed by atoms with Gasteiger partial charge in [-0.3, -0.25) is 4.84 Å². The lowest BCUT2D eigenvalue weighted by atomic mass is 10.3. The standard InChI is InChI=1S/C9H10FNO6S/c1-16-8-3-2-6(4-7(8)10)18(14,15)11-17-5-9(12)13/h2-4,11H,5H2,1H3,(H,12,13). The number of hydrogen-bond donors (Lipinski definition) is 2. The first kappa shape index (κ1) is 14.4. The summed E-state index contributed by atoms with van der Waals surface area (Å²) in [7, 11) is -2.90. The molecule has 1 aromatic rings. The fourth-order valence-electron chi connectivity index (χ4n) is 1.03. The Labute approximate surface area is 102 Å². The van der Waals surface area contributed by atoms with Crippen molar-refractivity contribution in [2.45, 2.75) is 4.90 Å². The molecular weight excluding hydrogens is 269 g/mol. The molecule has 0 radical (unpaired) electrons. The first-order valence-corrected chi connectivity index (χ1v) is 6.04. The summed E-state index contributed by atoms with van der Waals surface area (Å²) in [6.07, 6.45) is 0. The molecule has 0 saturated heterocycles. The van der Waals surface area contributed by atoms with Crippen LogP contribution in [-0.4, -0.2) is 33.2 Å². The molecule has 0 atom stereocenters. The van der Waals surface area contributed by atoms with E-state index in [1.54, 1.807) is 4.89 Å². The van der Waals surface area contributed by atoms with Crippen molar-refractivity contribution in [3.63, 3.8) is 0 Å². The zero-order chi connectivity index (χ0) is 13.8. The molecule has 0 unspecified atom stereocenters. The number of rotatable bonds is 6. The molecule has 0 aromatic heterocycles.